The lowest BCUT2D eigenvalue weighted by Gasteiger charge is -2.31. The van der Waals surface area contributed by atoms with Gasteiger partial charge in [-0.05, 0) is 49.0 Å². The first-order chi connectivity index (χ1) is 13.1. The molecule has 7 nitrogen and oxygen atoms in total. The zero-order valence-corrected chi connectivity index (χ0v) is 16.1. The van der Waals surface area contributed by atoms with Gasteiger partial charge in [-0.15, -0.1) is 0 Å². The van der Waals surface area contributed by atoms with Crippen molar-refractivity contribution in [1.29, 1.82) is 0 Å². The number of allylic oxidation sites excluding steroid dienone is 1. The number of ether oxygens (including phenoxy) is 2. The lowest BCUT2D eigenvalue weighted by molar-refractivity contribution is 0.243. The van der Waals surface area contributed by atoms with E-state index in [1.54, 1.807) is 13.3 Å². The molecule has 0 spiro atoms. The maximum absolute atomic E-state index is 6.47. The molecular formula is C20H29N5O2. The summed E-state index contributed by atoms with van der Waals surface area (Å²) in [7, 11) is 3.49. The molecule has 3 unspecified atom stereocenters. The van der Waals surface area contributed by atoms with Crippen molar-refractivity contribution in [1.82, 2.24) is 15.5 Å². The molecule has 2 aliphatic heterocycles. The lowest BCUT2D eigenvalue weighted by Crippen LogP contribution is -2.51. The van der Waals surface area contributed by atoms with Gasteiger partial charge in [-0.25, -0.2) is 4.99 Å². The van der Waals surface area contributed by atoms with Crippen LogP contribution in [0.2, 0.25) is 0 Å². The summed E-state index contributed by atoms with van der Waals surface area (Å²) in [5.74, 6) is 3.13. The summed E-state index contributed by atoms with van der Waals surface area (Å²) in [5.41, 5.74) is 7.28. The summed E-state index contributed by atoms with van der Waals surface area (Å²) < 4.78 is 11.5. The van der Waals surface area contributed by atoms with Crippen LogP contribution in [0.25, 0.3) is 0 Å². The van der Waals surface area contributed by atoms with E-state index >= 15 is 0 Å². The van der Waals surface area contributed by atoms with Gasteiger partial charge < -0.3 is 25.0 Å². The summed E-state index contributed by atoms with van der Waals surface area (Å²) >= 11 is 0. The van der Waals surface area contributed by atoms with Gasteiger partial charge >= 0.3 is 0 Å². The average Bonchev–Trinajstić information content (AvgIpc) is 3.30. The third kappa shape index (κ3) is 3.89. The first kappa shape index (κ1) is 18.1. The van der Waals surface area contributed by atoms with Crippen molar-refractivity contribution in [2.24, 2.45) is 22.6 Å². The summed E-state index contributed by atoms with van der Waals surface area (Å²) in [4.78, 5) is 6.96. The van der Waals surface area contributed by atoms with E-state index < -0.39 is 5.79 Å². The molecule has 27 heavy (non-hydrogen) atoms. The molecule has 4 rings (SSSR count). The molecule has 0 bridgehead atoms. The molecule has 3 atom stereocenters. The fraction of sp³-hybridized carbons (Fsp3) is 0.550. The number of piperidine rings is 1. The minimum atomic E-state index is -1.03. The number of fused-ring (bicyclic) bond motifs is 1. The Kier molecular flexibility index (Phi) is 4.97. The van der Waals surface area contributed by atoms with Crippen LogP contribution >= 0.6 is 0 Å². The van der Waals surface area contributed by atoms with E-state index in [0.29, 0.717) is 18.1 Å². The second-order valence-electron chi connectivity index (χ2n) is 7.58. The lowest BCUT2D eigenvalue weighted by atomic mass is 10.1. The number of nitrogens with zero attached hydrogens (tertiary/aromatic N) is 2. The number of rotatable bonds is 8. The molecule has 146 valence electrons. The molecule has 0 aromatic heterocycles. The fourth-order valence-corrected chi connectivity index (χ4v) is 3.98. The molecule has 7 heteroatoms. The Hall–Kier alpha value is -2.25. The van der Waals surface area contributed by atoms with Crippen molar-refractivity contribution >= 4 is 6.21 Å². The predicted molar refractivity (Wildman–Crippen MR) is 106 cm³/mol. The zero-order valence-electron chi connectivity index (χ0n) is 16.1. The van der Waals surface area contributed by atoms with E-state index in [-0.39, 0.29) is 0 Å². The Labute approximate surface area is 160 Å². The molecule has 3 aliphatic rings. The Morgan fingerprint density at radius 1 is 1.33 bits per heavy atom. The van der Waals surface area contributed by atoms with Crippen LogP contribution in [0.15, 0.2) is 35.1 Å². The average molecular weight is 371 g/mol. The van der Waals surface area contributed by atoms with E-state index in [1.807, 2.05) is 31.3 Å². The number of methoxy groups -OCH3 is 1. The van der Waals surface area contributed by atoms with Crippen molar-refractivity contribution in [3.8, 4) is 11.5 Å². The number of aliphatic imine (C=N–C) groups is 1. The fourth-order valence-electron chi connectivity index (χ4n) is 3.98. The number of nitrogens with two attached hydrogens (primary N) is 1. The minimum Gasteiger partial charge on any atom is -0.493 e. The Balaban J connectivity index is 1.38. The Morgan fingerprint density at radius 3 is 2.89 bits per heavy atom. The third-order valence-corrected chi connectivity index (χ3v) is 5.65. The largest absolute Gasteiger partial charge is 0.493 e. The van der Waals surface area contributed by atoms with Crippen molar-refractivity contribution < 1.29 is 9.47 Å². The number of hydrogen-bond acceptors (Lipinski definition) is 7. The number of hydrogen-bond donors (Lipinski definition) is 3. The highest BCUT2D eigenvalue weighted by Gasteiger charge is 2.44. The van der Waals surface area contributed by atoms with Gasteiger partial charge in [-0.2, -0.15) is 0 Å². The molecule has 1 saturated carbocycles. The van der Waals surface area contributed by atoms with E-state index in [4.69, 9.17) is 15.2 Å². The van der Waals surface area contributed by atoms with Gasteiger partial charge in [-0.3, -0.25) is 5.73 Å². The highest BCUT2D eigenvalue weighted by Crippen LogP contribution is 2.44. The highest BCUT2D eigenvalue weighted by atomic mass is 16.5. The molecule has 1 aromatic carbocycles. The quantitative estimate of drug-likeness (QED) is 0.596. The van der Waals surface area contributed by atoms with E-state index in [1.165, 1.54) is 19.5 Å². The van der Waals surface area contributed by atoms with Crippen molar-refractivity contribution in [3.63, 3.8) is 0 Å². The summed E-state index contributed by atoms with van der Waals surface area (Å²) in [6.45, 7) is 4.29. The molecule has 2 fully saturated rings. The SMILES string of the molecule is CNC1=CC=NC(N)(c2ccc(OC)c(OCCCN3CC4CC4C3)c2)N1. The molecule has 0 amide bonds. The van der Waals surface area contributed by atoms with Crippen LogP contribution in [0.4, 0.5) is 0 Å². The molecule has 0 radical (unpaired) electrons. The molecule has 1 aromatic rings. The monoisotopic (exact) mass is 371 g/mol. The highest BCUT2D eigenvalue weighted by molar-refractivity contribution is 5.73. The van der Waals surface area contributed by atoms with Crippen LogP contribution in [0.5, 0.6) is 11.5 Å². The van der Waals surface area contributed by atoms with Crippen LogP contribution < -0.4 is 25.8 Å². The van der Waals surface area contributed by atoms with Gasteiger partial charge in [0, 0.05) is 38.5 Å². The minimum absolute atomic E-state index is 0.654. The normalized spacial score (nSPS) is 28.9. The number of likely N-dealkylation sites (tertiary alicyclic amines) is 1. The standard InChI is InChI=1S/C20H29N5O2/c1-22-19-6-7-23-20(21,24-19)16-4-5-17(26-2)18(11-16)27-9-3-8-25-12-14-10-15(14)13-25/h4-7,11,14-15,22,24H,3,8-10,12-13,21H2,1-2H3. The number of nitrogens with one attached hydrogen (secondary N) is 2. The van der Waals surface area contributed by atoms with Gasteiger partial charge in [0.15, 0.2) is 11.5 Å². The van der Waals surface area contributed by atoms with Crippen LogP contribution in [0, 0.1) is 11.8 Å². The molecule has 1 aliphatic carbocycles. The molecule has 2 heterocycles. The van der Waals surface area contributed by atoms with Crippen molar-refractivity contribution in [2.75, 3.05) is 40.4 Å². The van der Waals surface area contributed by atoms with Crippen LogP contribution in [0.1, 0.15) is 18.4 Å². The van der Waals surface area contributed by atoms with Crippen molar-refractivity contribution in [3.05, 3.63) is 35.7 Å². The topological polar surface area (TPSA) is 84.1 Å². The molecule has 4 N–H and O–H groups in total. The second-order valence-corrected chi connectivity index (χ2v) is 7.58. The van der Waals surface area contributed by atoms with E-state index in [9.17, 15) is 0 Å². The summed E-state index contributed by atoms with van der Waals surface area (Å²) in [6, 6.07) is 5.69. The maximum atomic E-state index is 6.47. The first-order valence-electron chi connectivity index (χ1n) is 9.65. The second kappa shape index (κ2) is 7.40. The third-order valence-electron chi connectivity index (χ3n) is 5.65. The van der Waals surface area contributed by atoms with Gasteiger partial charge in [0.1, 0.15) is 5.82 Å². The Bertz CT molecular complexity index is 740. The predicted octanol–water partition coefficient (Wildman–Crippen LogP) is 1.22. The van der Waals surface area contributed by atoms with E-state index in [0.717, 1.165) is 36.2 Å². The van der Waals surface area contributed by atoms with Crippen LogP contribution in [-0.2, 0) is 5.79 Å². The van der Waals surface area contributed by atoms with Gasteiger partial charge in [0.25, 0.3) is 0 Å². The maximum Gasteiger partial charge on any atom is 0.210 e. The van der Waals surface area contributed by atoms with Crippen molar-refractivity contribution in [2.45, 2.75) is 18.6 Å². The van der Waals surface area contributed by atoms with Gasteiger partial charge in [-0.1, -0.05) is 0 Å². The Morgan fingerprint density at radius 2 is 2.15 bits per heavy atom. The van der Waals surface area contributed by atoms with Gasteiger partial charge in [0.05, 0.1) is 13.7 Å². The first-order valence-corrected chi connectivity index (χ1v) is 9.65. The number of benzene rings is 1. The smallest absolute Gasteiger partial charge is 0.210 e. The van der Waals surface area contributed by atoms with Gasteiger partial charge in [0.2, 0.25) is 5.79 Å². The van der Waals surface area contributed by atoms with Crippen LogP contribution in [-0.4, -0.2) is 51.5 Å². The summed E-state index contributed by atoms with van der Waals surface area (Å²) in [5, 5.41) is 6.26. The molecule has 1 saturated heterocycles. The molecular weight excluding hydrogens is 342 g/mol. The zero-order chi connectivity index (χ0) is 18.9. The van der Waals surface area contributed by atoms with Crippen LogP contribution in [0.3, 0.4) is 0 Å². The van der Waals surface area contributed by atoms with E-state index in [2.05, 4.69) is 20.5 Å². The summed E-state index contributed by atoms with van der Waals surface area (Å²) in [6.07, 6.45) is 5.99.